The van der Waals surface area contributed by atoms with Crippen LogP contribution in [-0.4, -0.2) is 37.0 Å². The quantitative estimate of drug-likeness (QED) is 0.905. The van der Waals surface area contributed by atoms with E-state index in [1.807, 2.05) is 11.0 Å². The van der Waals surface area contributed by atoms with E-state index in [0.717, 1.165) is 38.2 Å². The molecule has 2 fully saturated rings. The second-order valence-corrected chi connectivity index (χ2v) is 7.05. The van der Waals surface area contributed by atoms with Gasteiger partial charge in [-0.1, -0.05) is 29.3 Å². The highest BCUT2D eigenvalue weighted by atomic mass is 35.5. The molecule has 21 heavy (non-hydrogen) atoms. The summed E-state index contributed by atoms with van der Waals surface area (Å²) in [5.41, 5.74) is 1.29. The summed E-state index contributed by atoms with van der Waals surface area (Å²) in [4.78, 5) is 14.5. The molecule has 2 aliphatic heterocycles. The number of benzene rings is 1. The minimum absolute atomic E-state index is 0.198. The molecule has 0 aromatic heterocycles. The smallest absolute Gasteiger partial charge is 0.227 e. The van der Waals surface area contributed by atoms with Crippen LogP contribution in [0.5, 0.6) is 0 Å². The first kappa shape index (κ1) is 15.1. The molecule has 1 spiro atoms. The first-order valence-electron chi connectivity index (χ1n) is 7.50. The molecule has 2 saturated heterocycles. The molecule has 0 atom stereocenters. The van der Waals surface area contributed by atoms with E-state index in [9.17, 15) is 4.79 Å². The van der Waals surface area contributed by atoms with E-state index >= 15 is 0 Å². The number of nitrogens with one attached hydrogen (secondary N) is 1. The van der Waals surface area contributed by atoms with Crippen LogP contribution in [-0.2, 0) is 11.2 Å². The monoisotopic (exact) mass is 326 g/mol. The average Bonchev–Trinajstić information content (AvgIpc) is 2.87. The Labute approximate surface area is 135 Å². The van der Waals surface area contributed by atoms with Gasteiger partial charge in [0.15, 0.2) is 0 Å². The third-order valence-corrected chi connectivity index (χ3v) is 5.53. The minimum atomic E-state index is 0.198. The largest absolute Gasteiger partial charge is 0.342 e. The number of carbonyl (C=O) groups excluding carboxylic acids is 1. The Balaban J connectivity index is 1.62. The molecule has 1 aromatic carbocycles. The van der Waals surface area contributed by atoms with Crippen molar-refractivity contribution < 1.29 is 4.79 Å². The molecule has 0 bridgehead atoms. The molecule has 2 aliphatic rings. The van der Waals surface area contributed by atoms with E-state index in [1.54, 1.807) is 12.1 Å². The van der Waals surface area contributed by atoms with Crippen molar-refractivity contribution in [3.8, 4) is 0 Å². The van der Waals surface area contributed by atoms with Gasteiger partial charge in [-0.3, -0.25) is 4.79 Å². The van der Waals surface area contributed by atoms with Gasteiger partial charge >= 0.3 is 0 Å². The van der Waals surface area contributed by atoms with Gasteiger partial charge in [-0.2, -0.15) is 0 Å². The molecule has 2 heterocycles. The fraction of sp³-hybridized carbons (Fsp3) is 0.562. The van der Waals surface area contributed by atoms with Gasteiger partial charge < -0.3 is 10.2 Å². The van der Waals surface area contributed by atoms with Crippen molar-refractivity contribution >= 4 is 29.1 Å². The highest BCUT2D eigenvalue weighted by molar-refractivity contribution is 6.42. The van der Waals surface area contributed by atoms with Crippen molar-refractivity contribution in [2.45, 2.75) is 25.7 Å². The Morgan fingerprint density at radius 1 is 1.19 bits per heavy atom. The van der Waals surface area contributed by atoms with Crippen LogP contribution in [0.15, 0.2) is 18.2 Å². The summed E-state index contributed by atoms with van der Waals surface area (Å²) in [6.45, 7) is 3.96. The number of amides is 1. The van der Waals surface area contributed by atoms with Crippen LogP contribution < -0.4 is 5.32 Å². The molecule has 1 amide bonds. The number of rotatable bonds is 2. The Morgan fingerprint density at radius 2 is 1.95 bits per heavy atom. The summed E-state index contributed by atoms with van der Waals surface area (Å²) in [6.07, 6.45) is 3.92. The van der Waals surface area contributed by atoms with E-state index < -0.39 is 0 Å². The molecule has 114 valence electrons. The van der Waals surface area contributed by atoms with Gasteiger partial charge in [0.2, 0.25) is 5.91 Å². The zero-order valence-corrected chi connectivity index (χ0v) is 13.5. The Bertz CT molecular complexity index is 541. The van der Waals surface area contributed by atoms with Crippen LogP contribution in [0.25, 0.3) is 0 Å². The van der Waals surface area contributed by atoms with Crippen LogP contribution in [0.3, 0.4) is 0 Å². The number of likely N-dealkylation sites (tertiary alicyclic amines) is 1. The standard InChI is InChI=1S/C16H20Cl2N2O/c17-13-2-1-12(9-14(13)18)10-15(21)20-8-5-16(11-20)3-6-19-7-4-16/h1-2,9,19H,3-8,10-11H2. The molecule has 0 unspecified atom stereocenters. The lowest BCUT2D eigenvalue weighted by Crippen LogP contribution is -2.40. The van der Waals surface area contributed by atoms with Gasteiger partial charge in [0.05, 0.1) is 16.5 Å². The molecule has 1 N–H and O–H groups in total. The molecular formula is C16H20Cl2N2O. The number of hydrogen-bond acceptors (Lipinski definition) is 2. The molecule has 0 aliphatic carbocycles. The Hall–Kier alpha value is -0.770. The number of hydrogen-bond donors (Lipinski definition) is 1. The third-order valence-electron chi connectivity index (χ3n) is 4.79. The highest BCUT2D eigenvalue weighted by Gasteiger charge is 2.40. The Morgan fingerprint density at radius 3 is 2.67 bits per heavy atom. The van der Waals surface area contributed by atoms with Crippen LogP contribution in [0.1, 0.15) is 24.8 Å². The van der Waals surface area contributed by atoms with Gasteiger partial charge in [-0.05, 0) is 55.5 Å². The van der Waals surface area contributed by atoms with E-state index in [2.05, 4.69) is 5.32 Å². The maximum atomic E-state index is 12.5. The maximum absolute atomic E-state index is 12.5. The van der Waals surface area contributed by atoms with Crippen LogP contribution >= 0.6 is 23.2 Å². The first-order valence-corrected chi connectivity index (χ1v) is 8.26. The summed E-state index contributed by atoms with van der Waals surface area (Å²) in [5, 5.41) is 4.44. The Kier molecular flexibility index (Phi) is 4.43. The van der Waals surface area contributed by atoms with Gasteiger partial charge in [-0.15, -0.1) is 0 Å². The fourth-order valence-electron chi connectivity index (χ4n) is 3.45. The summed E-state index contributed by atoms with van der Waals surface area (Å²) in [5.74, 6) is 0.198. The zero-order chi connectivity index (χ0) is 14.9. The van der Waals surface area contributed by atoms with E-state index in [-0.39, 0.29) is 5.91 Å². The second kappa shape index (κ2) is 6.15. The van der Waals surface area contributed by atoms with Gasteiger partial charge in [0.25, 0.3) is 0 Å². The molecular weight excluding hydrogens is 307 g/mol. The van der Waals surface area contributed by atoms with Crippen molar-refractivity contribution in [3.63, 3.8) is 0 Å². The highest BCUT2D eigenvalue weighted by Crippen LogP contribution is 2.38. The molecule has 5 heteroatoms. The SMILES string of the molecule is O=C(Cc1ccc(Cl)c(Cl)c1)N1CCC2(CCNCC2)C1. The molecule has 1 aromatic rings. The van der Waals surface area contributed by atoms with E-state index in [1.165, 1.54) is 12.8 Å². The molecule has 0 saturated carbocycles. The summed E-state index contributed by atoms with van der Waals surface area (Å²) in [6, 6.07) is 5.42. The van der Waals surface area contributed by atoms with Crippen molar-refractivity contribution in [3.05, 3.63) is 33.8 Å². The maximum Gasteiger partial charge on any atom is 0.227 e. The van der Waals surface area contributed by atoms with Crippen LogP contribution in [0.4, 0.5) is 0 Å². The second-order valence-electron chi connectivity index (χ2n) is 6.24. The van der Waals surface area contributed by atoms with E-state index in [0.29, 0.717) is 21.9 Å². The predicted molar refractivity (Wildman–Crippen MR) is 85.9 cm³/mol. The lowest BCUT2D eigenvalue weighted by Gasteiger charge is -2.33. The molecule has 3 nitrogen and oxygen atoms in total. The van der Waals surface area contributed by atoms with E-state index in [4.69, 9.17) is 23.2 Å². The van der Waals surface area contributed by atoms with Crippen molar-refractivity contribution in [2.24, 2.45) is 5.41 Å². The zero-order valence-electron chi connectivity index (χ0n) is 12.0. The summed E-state index contributed by atoms with van der Waals surface area (Å²) < 4.78 is 0. The van der Waals surface area contributed by atoms with Crippen LogP contribution in [0, 0.1) is 5.41 Å². The average molecular weight is 327 g/mol. The normalized spacial score (nSPS) is 21.0. The first-order chi connectivity index (χ1) is 10.1. The van der Waals surface area contributed by atoms with Gasteiger partial charge in [0, 0.05) is 13.1 Å². The van der Waals surface area contributed by atoms with Crippen LogP contribution in [0.2, 0.25) is 10.0 Å². The number of carbonyl (C=O) groups is 1. The number of halogens is 2. The lowest BCUT2D eigenvalue weighted by atomic mass is 9.78. The van der Waals surface area contributed by atoms with Gasteiger partial charge in [-0.25, -0.2) is 0 Å². The number of nitrogens with zero attached hydrogens (tertiary/aromatic N) is 1. The summed E-state index contributed by atoms with van der Waals surface area (Å²) >= 11 is 11.9. The predicted octanol–water partition coefficient (Wildman–Crippen LogP) is 3.14. The lowest BCUT2D eigenvalue weighted by molar-refractivity contribution is -0.129. The molecule has 3 rings (SSSR count). The fourth-order valence-corrected chi connectivity index (χ4v) is 3.77. The van der Waals surface area contributed by atoms with Gasteiger partial charge in [0.1, 0.15) is 0 Å². The topological polar surface area (TPSA) is 32.3 Å². The summed E-state index contributed by atoms with van der Waals surface area (Å²) in [7, 11) is 0. The van der Waals surface area contributed by atoms with Crippen molar-refractivity contribution in [1.29, 1.82) is 0 Å². The number of piperidine rings is 1. The van der Waals surface area contributed by atoms with Crippen molar-refractivity contribution in [2.75, 3.05) is 26.2 Å². The third kappa shape index (κ3) is 3.36. The minimum Gasteiger partial charge on any atom is -0.342 e. The van der Waals surface area contributed by atoms with Crippen molar-refractivity contribution in [1.82, 2.24) is 10.2 Å². The molecule has 0 radical (unpaired) electrons.